The number of rotatable bonds is 4. The predicted molar refractivity (Wildman–Crippen MR) is 48.9 cm³/mol. The van der Waals surface area contributed by atoms with Crippen LogP contribution in [0.3, 0.4) is 0 Å². The lowest BCUT2D eigenvalue weighted by Gasteiger charge is -2.28. The molecule has 0 rings (SSSR count). The molecule has 1 atom stereocenters. The van der Waals surface area contributed by atoms with Gasteiger partial charge in [-0.15, -0.1) is 0 Å². The zero-order chi connectivity index (χ0) is 13.9. The van der Waals surface area contributed by atoms with Gasteiger partial charge in [0.05, 0.1) is 6.54 Å². The minimum absolute atomic E-state index is 0.320. The summed E-state index contributed by atoms with van der Waals surface area (Å²) < 4.78 is 37.3. The summed E-state index contributed by atoms with van der Waals surface area (Å²) in [6, 6.07) is 0. The number of hydrogen-bond acceptors (Lipinski definition) is 3. The molecule has 0 fully saturated rings. The first-order chi connectivity index (χ1) is 7.50. The van der Waals surface area contributed by atoms with Crippen LogP contribution in [0.15, 0.2) is 0 Å². The largest absolute Gasteiger partial charge is 0.479 e. The zero-order valence-electron chi connectivity index (χ0n) is 9.01. The van der Waals surface area contributed by atoms with Crippen LogP contribution in [0, 0.1) is 0 Å². The summed E-state index contributed by atoms with van der Waals surface area (Å²) in [5.41, 5.74) is -3.39. The van der Waals surface area contributed by atoms with E-state index in [1.807, 2.05) is 5.32 Å². The van der Waals surface area contributed by atoms with Crippen LogP contribution >= 0.6 is 0 Å². The first-order valence-corrected chi connectivity index (χ1v) is 4.36. The summed E-state index contributed by atoms with van der Waals surface area (Å²) in [6.45, 7) is 0.655. The van der Waals surface area contributed by atoms with E-state index in [9.17, 15) is 27.6 Å². The molecular weight excluding hydrogens is 245 g/mol. The van der Waals surface area contributed by atoms with Gasteiger partial charge in [0.15, 0.2) is 0 Å². The Kier molecular flexibility index (Phi) is 4.49. The van der Waals surface area contributed by atoms with E-state index in [2.05, 4.69) is 0 Å². The fourth-order valence-electron chi connectivity index (χ4n) is 0.773. The Morgan fingerprint density at radius 1 is 1.24 bits per heavy atom. The first-order valence-electron chi connectivity index (χ1n) is 4.36. The Hall–Kier alpha value is -1.80. The summed E-state index contributed by atoms with van der Waals surface area (Å²) in [5.74, 6) is -4.10. The molecule has 0 aliphatic rings. The predicted octanol–water partition coefficient (Wildman–Crippen LogP) is -0.356. The lowest BCUT2D eigenvalue weighted by Crippen LogP contribution is -2.63. The second-order valence-corrected chi connectivity index (χ2v) is 3.39. The average Bonchev–Trinajstić information content (AvgIpc) is 2.12. The van der Waals surface area contributed by atoms with Crippen LogP contribution in [0.2, 0.25) is 0 Å². The van der Waals surface area contributed by atoms with Crippen molar-refractivity contribution in [2.24, 2.45) is 0 Å². The van der Waals surface area contributed by atoms with Crippen molar-refractivity contribution in [3.63, 3.8) is 0 Å². The number of carboxylic acid groups (broad SMARTS) is 1. The van der Waals surface area contributed by atoms with E-state index in [0.29, 0.717) is 6.92 Å². The van der Waals surface area contributed by atoms with Gasteiger partial charge in [0.2, 0.25) is 17.4 Å². The molecule has 0 saturated carbocycles. The molecule has 0 spiro atoms. The van der Waals surface area contributed by atoms with E-state index in [0.717, 1.165) is 6.92 Å². The summed E-state index contributed by atoms with van der Waals surface area (Å²) in [5, 5.41) is 11.7. The van der Waals surface area contributed by atoms with Gasteiger partial charge in [-0.2, -0.15) is 13.2 Å². The molecule has 3 N–H and O–H groups in total. The zero-order valence-corrected chi connectivity index (χ0v) is 9.01. The van der Waals surface area contributed by atoms with Gasteiger partial charge >= 0.3 is 12.1 Å². The van der Waals surface area contributed by atoms with Crippen LogP contribution < -0.4 is 10.6 Å². The highest BCUT2D eigenvalue weighted by Gasteiger charge is 2.58. The molecule has 0 radical (unpaired) electrons. The van der Waals surface area contributed by atoms with Gasteiger partial charge < -0.3 is 15.7 Å². The SMILES string of the molecule is CC(=O)NCC(=O)NC(C)(C(=O)O)C(F)(F)F. The molecule has 17 heavy (non-hydrogen) atoms. The van der Waals surface area contributed by atoms with Crippen molar-refractivity contribution < 1.29 is 32.7 Å². The molecule has 6 nitrogen and oxygen atoms in total. The summed E-state index contributed by atoms with van der Waals surface area (Å²) in [6.07, 6.45) is -5.15. The molecule has 0 aromatic carbocycles. The van der Waals surface area contributed by atoms with Crippen LogP contribution in [-0.4, -0.2) is 41.2 Å². The maximum absolute atomic E-state index is 12.4. The fourth-order valence-corrected chi connectivity index (χ4v) is 0.773. The van der Waals surface area contributed by atoms with Crippen LogP contribution in [0.1, 0.15) is 13.8 Å². The van der Waals surface area contributed by atoms with Crippen molar-refractivity contribution in [3.8, 4) is 0 Å². The average molecular weight is 256 g/mol. The van der Waals surface area contributed by atoms with Crippen LogP contribution in [0.25, 0.3) is 0 Å². The number of amides is 2. The van der Waals surface area contributed by atoms with E-state index in [-0.39, 0.29) is 0 Å². The van der Waals surface area contributed by atoms with Gasteiger partial charge in [-0.05, 0) is 6.92 Å². The minimum Gasteiger partial charge on any atom is -0.479 e. The lowest BCUT2D eigenvalue weighted by molar-refractivity contribution is -0.206. The van der Waals surface area contributed by atoms with Crippen LogP contribution in [0.5, 0.6) is 0 Å². The molecule has 0 aliphatic carbocycles. The van der Waals surface area contributed by atoms with Crippen molar-refractivity contribution in [2.75, 3.05) is 6.54 Å². The number of hydrogen-bond donors (Lipinski definition) is 3. The highest BCUT2D eigenvalue weighted by atomic mass is 19.4. The van der Waals surface area contributed by atoms with Crippen LogP contribution in [-0.2, 0) is 14.4 Å². The second-order valence-electron chi connectivity index (χ2n) is 3.39. The lowest BCUT2D eigenvalue weighted by atomic mass is 10.0. The Morgan fingerprint density at radius 3 is 2.00 bits per heavy atom. The molecule has 98 valence electrons. The second kappa shape index (κ2) is 5.02. The molecule has 0 aromatic heterocycles. The first kappa shape index (κ1) is 15.2. The topological polar surface area (TPSA) is 95.5 Å². The number of carbonyl (C=O) groups excluding carboxylic acids is 2. The minimum atomic E-state index is -5.15. The van der Waals surface area contributed by atoms with Crippen molar-refractivity contribution >= 4 is 17.8 Å². The fraction of sp³-hybridized carbons (Fsp3) is 0.625. The third-order valence-corrected chi connectivity index (χ3v) is 1.88. The molecule has 0 heterocycles. The van der Waals surface area contributed by atoms with E-state index in [1.54, 1.807) is 0 Å². The number of nitrogens with one attached hydrogen (secondary N) is 2. The van der Waals surface area contributed by atoms with Crippen LogP contribution in [0.4, 0.5) is 13.2 Å². The third kappa shape index (κ3) is 3.93. The van der Waals surface area contributed by atoms with Gasteiger partial charge in [-0.25, -0.2) is 4.79 Å². The third-order valence-electron chi connectivity index (χ3n) is 1.88. The van der Waals surface area contributed by atoms with Crippen molar-refractivity contribution in [3.05, 3.63) is 0 Å². The van der Waals surface area contributed by atoms with E-state index in [4.69, 9.17) is 5.11 Å². The molecule has 2 amide bonds. The monoisotopic (exact) mass is 256 g/mol. The van der Waals surface area contributed by atoms with Gasteiger partial charge in [0, 0.05) is 6.92 Å². The van der Waals surface area contributed by atoms with Gasteiger partial charge in [0.25, 0.3) is 0 Å². The Bertz CT molecular complexity index is 342. The number of carboxylic acids is 1. The Labute approximate surface area is 94.2 Å². The quantitative estimate of drug-likeness (QED) is 0.640. The number of aliphatic carboxylic acids is 1. The maximum Gasteiger partial charge on any atom is 0.422 e. The van der Waals surface area contributed by atoms with E-state index < -0.39 is 36.0 Å². The highest BCUT2D eigenvalue weighted by molar-refractivity contribution is 5.90. The van der Waals surface area contributed by atoms with Crippen molar-refractivity contribution in [1.29, 1.82) is 0 Å². The van der Waals surface area contributed by atoms with E-state index in [1.165, 1.54) is 5.32 Å². The number of halogens is 3. The molecule has 0 aliphatic heterocycles. The number of carbonyl (C=O) groups is 3. The molecule has 0 aromatic rings. The molecule has 1 unspecified atom stereocenters. The highest BCUT2D eigenvalue weighted by Crippen LogP contribution is 2.30. The standard InChI is InChI=1S/C8H11F3N2O4/c1-4(14)12-3-5(15)13-7(2,6(16)17)8(9,10)11/h3H2,1-2H3,(H,12,14)(H,13,15)(H,16,17). The number of alkyl halides is 3. The summed E-state index contributed by atoms with van der Waals surface area (Å²) >= 11 is 0. The molecule has 9 heteroatoms. The molecule has 0 saturated heterocycles. The van der Waals surface area contributed by atoms with Crippen molar-refractivity contribution in [1.82, 2.24) is 10.6 Å². The normalized spacial score (nSPS) is 14.6. The smallest absolute Gasteiger partial charge is 0.422 e. The van der Waals surface area contributed by atoms with E-state index >= 15 is 0 Å². The summed E-state index contributed by atoms with van der Waals surface area (Å²) in [4.78, 5) is 32.0. The molecule has 0 bridgehead atoms. The Morgan fingerprint density at radius 2 is 1.71 bits per heavy atom. The Balaban J connectivity index is 4.74. The van der Waals surface area contributed by atoms with Gasteiger partial charge in [-0.1, -0.05) is 0 Å². The van der Waals surface area contributed by atoms with Gasteiger partial charge in [-0.3, -0.25) is 9.59 Å². The maximum atomic E-state index is 12.4. The summed E-state index contributed by atoms with van der Waals surface area (Å²) in [7, 11) is 0. The molecular formula is C8H11F3N2O4. The van der Waals surface area contributed by atoms with Gasteiger partial charge in [0.1, 0.15) is 0 Å². The van der Waals surface area contributed by atoms with Crippen molar-refractivity contribution in [2.45, 2.75) is 25.6 Å².